The summed E-state index contributed by atoms with van der Waals surface area (Å²) in [5, 5.41) is 0. The molecule has 0 bridgehead atoms. The van der Waals surface area contributed by atoms with Gasteiger partial charge in [0.1, 0.15) is 5.82 Å². The molecular weight excluding hydrogens is 276 g/mol. The molecule has 0 aliphatic heterocycles. The molecule has 108 valence electrons. The predicted molar refractivity (Wildman–Crippen MR) is 77.5 cm³/mol. The summed E-state index contributed by atoms with van der Waals surface area (Å²) in [6.45, 7) is 2.11. The topological polar surface area (TPSA) is 90.0 Å². The minimum absolute atomic E-state index is 0.140. The van der Waals surface area contributed by atoms with E-state index < -0.39 is 10.0 Å². The van der Waals surface area contributed by atoms with Crippen molar-refractivity contribution in [3.05, 3.63) is 42.0 Å². The van der Waals surface area contributed by atoms with E-state index in [1.54, 1.807) is 29.1 Å². The molecule has 20 heavy (non-hydrogen) atoms. The summed E-state index contributed by atoms with van der Waals surface area (Å²) >= 11 is 0. The van der Waals surface area contributed by atoms with Crippen LogP contribution in [0, 0.1) is 0 Å². The second kappa shape index (κ2) is 5.64. The van der Waals surface area contributed by atoms with Crippen LogP contribution in [0.3, 0.4) is 0 Å². The molecule has 0 amide bonds. The molecule has 0 spiro atoms. The third-order valence-electron chi connectivity index (χ3n) is 3.15. The SMILES string of the molecule is CCc1ccc(S(=O)(=O)NCc2nccn2C)cc1N. The highest BCUT2D eigenvalue weighted by Gasteiger charge is 2.15. The van der Waals surface area contributed by atoms with E-state index in [1.807, 2.05) is 14.0 Å². The van der Waals surface area contributed by atoms with Crippen molar-refractivity contribution in [3.8, 4) is 0 Å². The van der Waals surface area contributed by atoms with E-state index in [9.17, 15) is 8.42 Å². The molecule has 0 saturated heterocycles. The number of nitrogens with zero attached hydrogens (tertiary/aromatic N) is 2. The Morgan fingerprint density at radius 3 is 2.70 bits per heavy atom. The van der Waals surface area contributed by atoms with Crippen LogP contribution < -0.4 is 10.5 Å². The number of anilines is 1. The molecule has 2 rings (SSSR count). The van der Waals surface area contributed by atoms with Crippen molar-refractivity contribution in [2.45, 2.75) is 24.8 Å². The maximum Gasteiger partial charge on any atom is 0.241 e. The lowest BCUT2D eigenvalue weighted by Crippen LogP contribution is -2.24. The van der Waals surface area contributed by atoms with Gasteiger partial charge in [-0.1, -0.05) is 13.0 Å². The van der Waals surface area contributed by atoms with Gasteiger partial charge in [-0.05, 0) is 24.1 Å². The zero-order valence-electron chi connectivity index (χ0n) is 11.5. The van der Waals surface area contributed by atoms with Gasteiger partial charge < -0.3 is 10.3 Å². The molecule has 1 aromatic heterocycles. The number of nitrogens with two attached hydrogens (primary N) is 1. The minimum Gasteiger partial charge on any atom is -0.398 e. The molecule has 0 radical (unpaired) electrons. The average molecular weight is 294 g/mol. The van der Waals surface area contributed by atoms with Crippen LogP contribution in [0.15, 0.2) is 35.5 Å². The third kappa shape index (κ3) is 3.00. The number of nitrogens with one attached hydrogen (secondary N) is 1. The van der Waals surface area contributed by atoms with Gasteiger partial charge >= 0.3 is 0 Å². The van der Waals surface area contributed by atoms with Crippen molar-refractivity contribution < 1.29 is 8.42 Å². The minimum atomic E-state index is -3.58. The first-order valence-corrected chi connectivity index (χ1v) is 7.76. The van der Waals surface area contributed by atoms with Crippen molar-refractivity contribution in [1.29, 1.82) is 0 Å². The van der Waals surface area contributed by atoms with Gasteiger partial charge in [0.05, 0.1) is 11.4 Å². The fraction of sp³-hybridized carbons (Fsp3) is 0.308. The lowest BCUT2D eigenvalue weighted by Gasteiger charge is -2.09. The van der Waals surface area contributed by atoms with Crippen LogP contribution in [0.25, 0.3) is 0 Å². The molecular formula is C13H18N4O2S. The number of hydrogen-bond donors (Lipinski definition) is 2. The third-order valence-corrected chi connectivity index (χ3v) is 4.55. The van der Waals surface area contributed by atoms with Gasteiger partial charge in [0.15, 0.2) is 0 Å². The fourth-order valence-electron chi connectivity index (χ4n) is 1.87. The van der Waals surface area contributed by atoms with Crippen molar-refractivity contribution >= 4 is 15.7 Å². The van der Waals surface area contributed by atoms with E-state index in [4.69, 9.17) is 5.73 Å². The highest BCUT2D eigenvalue weighted by molar-refractivity contribution is 7.89. The first-order valence-electron chi connectivity index (χ1n) is 6.28. The number of sulfonamides is 1. The molecule has 2 aromatic rings. The highest BCUT2D eigenvalue weighted by Crippen LogP contribution is 2.18. The quantitative estimate of drug-likeness (QED) is 0.806. The van der Waals surface area contributed by atoms with Gasteiger partial charge in [-0.15, -0.1) is 0 Å². The van der Waals surface area contributed by atoms with Crippen molar-refractivity contribution in [2.24, 2.45) is 7.05 Å². The first kappa shape index (κ1) is 14.5. The number of benzene rings is 1. The van der Waals surface area contributed by atoms with Gasteiger partial charge in [-0.2, -0.15) is 0 Å². The molecule has 0 atom stereocenters. The molecule has 0 aliphatic rings. The van der Waals surface area contributed by atoms with Crippen LogP contribution >= 0.6 is 0 Å². The Labute approximate surface area is 118 Å². The lowest BCUT2D eigenvalue weighted by molar-refractivity contribution is 0.577. The normalized spacial score (nSPS) is 11.7. The monoisotopic (exact) mass is 294 g/mol. The standard InChI is InChI=1S/C13H18N4O2S/c1-3-10-4-5-11(8-12(10)14)20(18,19)16-9-13-15-6-7-17(13)2/h4-8,16H,3,9,14H2,1-2H3. The van der Waals surface area contributed by atoms with E-state index in [-0.39, 0.29) is 11.4 Å². The van der Waals surface area contributed by atoms with Gasteiger partial charge in [0.25, 0.3) is 0 Å². The maximum atomic E-state index is 12.2. The summed E-state index contributed by atoms with van der Waals surface area (Å²) in [7, 11) is -1.77. The van der Waals surface area contributed by atoms with Crippen LogP contribution in [0.2, 0.25) is 0 Å². The summed E-state index contributed by atoms with van der Waals surface area (Å²) in [5.41, 5.74) is 7.27. The fourth-order valence-corrected chi connectivity index (χ4v) is 2.89. The first-order chi connectivity index (χ1) is 9.44. The van der Waals surface area contributed by atoms with E-state index in [1.165, 1.54) is 6.07 Å². The molecule has 1 heterocycles. The zero-order chi connectivity index (χ0) is 14.8. The number of hydrogen-bond acceptors (Lipinski definition) is 4. The van der Waals surface area contributed by atoms with E-state index >= 15 is 0 Å². The number of imidazole rings is 1. The van der Waals surface area contributed by atoms with Crippen molar-refractivity contribution in [2.75, 3.05) is 5.73 Å². The molecule has 0 saturated carbocycles. The Bertz CT molecular complexity index is 707. The zero-order valence-corrected chi connectivity index (χ0v) is 12.3. The molecule has 0 aliphatic carbocycles. The van der Waals surface area contributed by atoms with E-state index in [0.717, 1.165) is 12.0 Å². The average Bonchev–Trinajstić information content (AvgIpc) is 2.82. The Morgan fingerprint density at radius 1 is 1.40 bits per heavy atom. The van der Waals surface area contributed by atoms with Crippen LogP contribution in [0.1, 0.15) is 18.3 Å². The van der Waals surface area contributed by atoms with Crippen molar-refractivity contribution in [3.63, 3.8) is 0 Å². The number of rotatable bonds is 5. The molecule has 1 aromatic carbocycles. The number of aromatic nitrogens is 2. The largest absolute Gasteiger partial charge is 0.398 e. The lowest BCUT2D eigenvalue weighted by atomic mass is 10.1. The van der Waals surface area contributed by atoms with Crippen LogP contribution in [-0.2, 0) is 30.0 Å². The van der Waals surface area contributed by atoms with Crippen LogP contribution in [0.5, 0.6) is 0 Å². The molecule has 0 unspecified atom stereocenters. The number of nitrogen functional groups attached to an aromatic ring is 1. The highest BCUT2D eigenvalue weighted by atomic mass is 32.2. The van der Waals surface area contributed by atoms with Gasteiger partial charge in [0.2, 0.25) is 10.0 Å². The van der Waals surface area contributed by atoms with Gasteiger partial charge in [-0.3, -0.25) is 0 Å². The van der Waals surface area contributed by atoms with Gasteiger partial charge in [-0.25, -0.2) is 18.1 Å². The van der Waals surface area contributed by atoms with Crippen LogP contribution in [0.4, 0.5) is 5.69 Å². The summed E-state index contributed by atoms with van der Waals surface area (Å²) in [6, 6.07) is 4.79. The second-order valence-corrected chi connectivity index (χ2v) is 6.26. The molecule has 3 N–H and O–H groups in total. The molecule has 0 fully saturated rings. The second-order valence-electron chi connectivity index (χ2n) is 4.49. The summed E-state index contributed by atoms with van der Waals surface area (Å²) < 4.78 is 28.7. The Morgan fingerprint density at radius 2 is 2.15 bits per heavy atom. The van der Waals surface area contributed by atoms with Crippen molar-refractivity contribution in [1.82, 2.24) is 14.3 Å². The Hall–Kier alpha value is -1.86. The Kier molecular flexibility index (Phi) is 4.10. The molecule has 7 heteroatoms. The van der Waals surface area contributed by atoms with E-state index in [0.29, 0.717) is 11.5 Å². The summed E-state index contributed by atoms with van der Waals surface area (Å²) in [6.07, 6.45) is 4.15. The summed E-state index contributed by atoms with van der Waals surface area (Å²) in [4.78, 5) is 4.24. The van der Waals surface area contributed by atoms with Gasteiger partial charge in [0, 0.05) is 25.1 Å². The maximum absolute atomic E-state index is 12.2. The Balaban J connectivity index is 2.18. The van der Waals surface area contributed by atoms with E-state index in [2.05, 4.69) is 9.71 Å². The molecule has 6 nitrogen and oxygen atoms in total. The summed E-state index contributed by atoms with van der Waals surface area (Å²) in [5.74, 6) is 0.645. The van der Waals surface area contributed by atoms with Crippen LogP contribution in [-0.4, -0.2) is 18.0 Å². The smallest absolute Gasteiger partial charge is 0.241 e. The predicted octanol–water partition coefficient (Wildman–Crippen LogP) is 1.04. The number of aryl methyl sites for hydroxylation is 2.